The van der Waals surface area contributed by atoms with Gasteiger partial charge in [0.1, 0.15) is 5.82 Å². The number of halogens is 4. The zero-order chi connectivity index (χ0) is 25.8. The van der Waals surface area contributed by atoms with Gasteiger partial charge in [-0.3, -0.25) is 0 Å². The molecule has 3 aromatic rings. The standard InChI is InChI=1S/C23H29FN4.C2HF3O2/c1-4-18-14-22-21(12-16(18)3)26-23(27-10-8-25-9-11-27)28(22)15-17-6-7-20(24)19(5-2)13-17;3-2(4,5)1(6)7/h6-7,12-14,25H,4-5,8-11,15H2,1-3H3;(H,6,7). The van der Waals surface area contributed by atoms with Crippen LogP contribution < -0.4 is 10.2 Å². The van der Waals surface area contributed by atoms with Crippen LogP contribution in [0.2, 0.25) is 0 Å². The summed E-state index contributed by atoms with van der Waals surface area (Å²) in [4.78, 5) is 16.3. The molecule has 0 saturated carbocycles. The molecule has 0 radical (unpaired) electrons. The molecule has 35 heavy (non-hydrogen) atoms. The maximum Gasteiger partial charge on any atom is 0.490 e. The summed E-state index contributed by atoms with van der Waals surface area (Å²) in [5.74, 6) is -1.85. The fourth-order valence-corrected chi connectivity index (χ4v) is 4.13. The minimum Gasteiger partial charge on any atom is -0.475 e. The number of hydrogen-bond acceptors (Lipinski definition) is 4. The zero-order valence-corrected chi connectivity index (χ0v) is 20.0. The molecule has 1 fully saturated rings. The Hall–Kier alpha value is -3.14. The number of anilines is 1. The van der Waals surface area contributed by atoms with E-state index < -0.39 is 12.1 Å². The van der Waals surface area contributed by atoms with E-state index in [4.69, 9.17) is 14.9 Å². The van der Waals surface area contributed by atoms with Crippen LogP contribution in [0.5, 0.6) is 0 Å². The third-order valence-electron chi connectivity index (χ3n) is 6.04. The molecule has 6 nitrogen and oxygen atoms in total. The van der Waals surface area contributed by atoms with Crippen LogP contribution in [0, 0.1) is 12.7 Å². The van der Waals surface area contributed by atoms with E-state index in [-0.39, 0.29) is 5.82 Å². The number of carboxylic acid groups (broad SMARTS) is 1. The van der Waals surface area contributed by atoms with Gasteiger partial charge in [-0.25, -0.2) is 14.2 Å². The first-order valence-electron chi connectivity index (χ1n) is 11.6. The number of fused-ring (bicyclic) bond motifs is 1. The van der Waals surface area contributed by atoms with Crippen molar-refractivity contribution in [3.63, 3.8) is 0 Å². The number of aliphatic carboxylic acids is 1. The van der Waals surface area contributed by atoms with Crippen LogP contribution in [0.25, 0.3) is 11.0 Å². The maximum absolute atomic E-state index is 14.0. The Morgan fingerprint density at radius 3 is 2.29 bits per heavy atom. The van der Waals surface area contributed by atoms with E-state index in [1.807, 2.05) is 19.1 Å². The van der Waals surface area contributed by atoms with E-state index in [9.17, 15) is 17.6 Å². The summed E-state index contributed by atoms with van der Waals surface area (Å²) in [5, 5.41) is 10.5. The molecule has 0 aliphatic carbocycles. The first-order chi connectivity index (χ1) is 16.5. The van der Waals surface area contributed by atoms with Gasteiger partial charge >= 0.3 is 12.1 Å². The van der Waals surface area contributed by atoms with Gasteiger partial charge in [-0.05, 0) is 60.2 Å². The Labute approximate surface area is 201 Å². The van der Waals surface area contributed by atoms with Gasteiger partial charge in [0, 0.05) is 26.2 Å². The molecular weight excluding hydrogens is 464 g/mol. The summed E-state index contributed by atoms with van der Waals surface area (Å²) in [6.07, 6.45) is -3.37. The van der Waals surface area contributed by atoms with Crippen LogP contribution in [0.3, 0.4) is 0 Å². The van der Waals surface area contributed by atoms with Crippen LogP contribution >= 0.6 is 0 Å². The Morgan fingerprint density at radius 1 is 1.09 bits per heavy atom. The average Bonchev–Trinajstić information content (AvgIpc) is 3.16. The van der Waals surface area contributed by atoms with Gasteiger partial charge < -0.3 is 19.9 Å². The first-order valence-corrected chi connectivity index (χ1v) is 11.6. The molecule has 1 aromatic heterocycles. The summed E-state index contributed by atoms with van der Waals surface area (Å²) >= 11 is 0. The summed E-state index contributed by atoms with van der Waals surface area (Å²) < 4.78 is 48.0. The molecule has 190 valence electrons. The van der Waals surface area contributed by atoms with Crippen LogP contribution in [0.1, 0.15) is 36.1 Å². The van der Waals surface area contributed by atoms with Crippen molar-refractivity contribution in [3.8, 4) is 0 Å². The molecule has 0 amide bonds. The van der Waals surface area contributed by atoms with E-state index >= 15 is 0 Å². The molecule has 1 saturated heterocycles. The van der Waals surface area contributed by atoms with Crippen LogP contribution in [-0.2, 0) is 24.2 Å². The van der Waals surface area contributed by atoms with Crippen molar-refractivity contribution in [1.82, 2.24) is 14.9 Å². The highest BCUT2D eigenvalue weighted by molar-refractivity contribution is 5.81. The number of carbonyl (C=O) groups is 1. The van der Waals surface area contributed by atoms with Crippen molar-refractivity contribution in [2.45, 2.75) is 46.3 Å². The van der Waals surface area contributed by atoms with Gasteiger partial charge in [0.05, 0.1) is 17.6 Å². The highest BCUT2D eigenvalue weighted by Crippen LogP contribution is 2.28. The van der Waals surface area contributed by atoms with Gasteiger partial charge in [0.25, 0.3) is 0 Å². The fourth-order valence-electron chi connectivity index (χ4n) is 4.13. The predicted octanol–water partition coefficient (Wildman–Crippen LogP) is 4.70. The highest BCUT2D eigenvalue weighted by atomic mass is 19.4. The first kappa shape index (κ1) is 26.5. The Kier molecular flexibility index (Phi) is 8.37. The minimum absolute atomic E-state index is 0.118. The third-order valence-corrected chi connectivity index (χ3v) is 6.04. The van der Waals surface area contributed by atoms with Crippen molar-refractivity contribution in [2.24, 2.45) is 0 Å². The second-order valence-electron chi connectivity index (χ2n) is 8.44. The lowest BCUT2D eigenvalue weighted by Gasteiger charge is -2.29. The largest absolute Gasteiger partial charge is 0.490 e. The average molecular weight is 495 g/mol. The van der Waals surface area contributed by atoms with Crippen molar-refractivity contribution in [3.05, 3.63) is 58.4 Å². The molecule has 1 aliphatic rings. The number of imidazole rings is 1. The zero-order valence-electron chi connectivity index (χ0n) is 20.0. The van der Waals surface area contributed by atoms with Crippen molar-refractivity contribution in [1.29, 1.82) is 0 Å². The molecule has 0 atom stereocenters. The number of aryl methyl sites for hydroxylation is 3. The summed E-state index contributed by atoms with van der Waals surface area (Å²) in [5.41, 5.74) is 6.75. The molecule has 0 unspecified atom stereocenters. The van der Waals surface area contributed by atoms with Crippen molar-refractivity contribution < 1.29 is 27.5 Å². The van der Waals surface area contributed by atoms with E-state index in [1.165, 1.54) is 16.6 Å². The molecule has 2 heterocycles. The molecule has 10 heteroatoms. The lowest BCUT2D eigenvalue weighted by atomic mass is 10.1. The van der Waals surface area contributed by atoms with Gasteiger partial charge in [-0.2, -0.15) is 13.2 Å². The van der Waals surface area contributed by atoms with Gasteiger partial charge in [-0.15, -0.1) is 0 Å². The summed E-state index contributed by atoms with van der Waals surface area (Å²) in [6.45, 7) is 10.9. The molecule has 0 spiro atoms. The van der Waals surface area contributed by atoms with E-state index in [0.717, 1.165) is 55.2 Å². The molecule has 0 bridgehead atoms. The predicted molar refractivity (Wildman–Crippen MR) is 128 cm³/mol. The van der Waals surface area contributed by atoms with E-state index in [2.05, 4.69) is 40.8 Å². The van der Waals surface area contributed by atoms with Crippen molar-refractivity contribution in [2.75, 3.05) is 31.1 Å². The normalized spacial score (nSPS) is 14.1. The summed E-state index contributed by atoms with van der Waals surface area (Å²) in [7, 11) is 0. The maximum atomic E-state index is 14.0. The Balaban J connectivity index is 0.000000429. The summed E-state index contributed by atoms with van der Waals surface area (Å²) in [6, 6.07) is 9.99. The number of aromatic nitrogens is 2. The number of piperazine rings is 1. The Morgan fingerprint density at radius 2 is 1.71 bits per heavy atom. The monoisotopic (exact) mass is 494 g/mol. The van der Waals surface area contributed by atoms with Gasteiger partial charge in [-0.1, -0.05) is 26.0 Å². The number of rotatable bonds is 5. The topological polar surface area (TPSA) is 70.4 Å². The molecule has 2 N–H and O–H groups in total. The number of alkyl halides is 3. The number of nitrogens with zero attached hydrogens (tertiary/aromatic N) is 3. The number of hydrogen-bond donors (Lipinski definition) is 2. The lowest BCUT2D eigenvalue weighted by molar-refractivity contribution is -0.192. The number of benzene rings is 2. The van der Waals surface area contributed by atoms with E-state index in [0.29, 0.717) is 13.0 Å². The SMILES string of the molecule is CCc1cc2c(cc1C)nc(N1CCNCC1)n2Cc1ccc(F)c(CC)c1.O=C(O)C(F)(F)F. The molecule has 2 aromatic carbocycles. The molecule has 4 rings (SSSR count). The van der Waals surface area contributed by atoms with Crippen molar-refractivity contribution >= 4 is 23.0 Å². The smallest absolute Gasteiger partial charge is 0.475 e. The Bertz CT molecular complexity index is 1180. The quantitative estimate of drug-likeness (QED) is 0.504. The number of nitrogens with one attached hydrogen (secondary N) is 1. The highest BCUT2D eigenvalue weighted by Gasteiger charge is 2.38. The molecular formula is C25H30F4N4O2. The minimum atomic E-state index is -5.08. The van der Waals surface area contributed by atoms with Gasteiger partial charge in [0.2, 0.25) is 5.95 Å². The second kappa shape index (κ2) is 11.1. The second-order valence-corrected chi connectivity index (χ2v) is 8.44. The van der Waals surface area contributed by atoms with Crippen LogP contribution in [-0.4, -0.2) is 53.0 Å². The van der Waals surface area contributed by atoms with Crippen LogP contribution in [0.4, 0.5) is 23.5 Å². The van der Waals surface area contributed by atoms with Crippen LogP contribution in [0.15, 0.2) is 30.3 Å². The third kappa shape index (κ3) is 6.30. The van der Waals surface area contributed by atoms with E-state index in [1.54, 1.807) is 6.07 Å². The van der Waals surface area contributed by atoms with Gasteiger partial charge in [0.15, 0.2) is 0 Å². The molecule has 1 aliphatic heterocycles. The fraction of sp³-hybridized carbons (Fsp3) is 0.440. The lowest BCUT2D eigenvalue weighted by Crippen LogP contribution is -2.44. The number of carboxylic acids is 1.